The number of methoxy groups -OCH3 is 1. The summed E-state index contributed by atoms with van der Waals surface area (Å²) >= 11 is 0. The zero-order valence-corrected chi connectivity index (χ0v) is 11.0. The number of ether oxygens (including phenoxy) is 1. The summed E-state index contributed by atoms with van der Waals surface area (Å²) in [5.41, 5.74) is 7.86. The molecule has 7 nitrogen and oxygen atoms in total. The maximum absolute atomic E-state index is 11.9. The number of nitrogens with one attached hydrogen (secondary N) is 4. The largest absolute Gasteiger partial charge is 0.495 e. The molecule has 0 spiro atoms. The second kappa shape index (κ2) is 4.53. The first-order valence-electron chi connectivity index (χ1n) is 6.12. The molecule has 0 aliphatic carbocycles. The van der Waals surface area contributed by atoms with E-state index in [1.165, 1.54) is 0 Å². The lowest BCUT2D eigenvalue weighted by atomic mass is 9.88. The van der Waals surface area contributed by atoms with Gasteiger partial charge in [-0.2, -0.15) is 0 Å². The third-order valence-corrected chi connectivity index (χ3v) is 3.46. The molecule has 0 saturated carbocycles. The Morgan fingerprint density at radius 2 is 2.20 bits per heavy atom. The number of hydrogen-bond acceptors (Lipinski definition) is 5. The average Bonchev–Trinajstić information content (AvgIpc) is 2.49. The van der Waals surface area contributed by atoms with Gasteiger partial charge in [-0.05, 0) is 12.1 Å². The Balaban J connectivity index is 2.18. The van der Waals surface area contributed by atoms with Crippen molar-refractivity contribution >= 4 is 17.5 Å². The standard InChI is InChI=1S/C13H14N4O3/c1-14-12(18)7-5-15-11-8(20-2)4-3-6-9(11)10(7)16-17-13(6)19/h3-5,10,15-16H,1-2H3,(H,14,18)(H,17,19). The minimum absolute atomic E-state index is 0.217. The fraction of sp³-hybridized carbons (Fsp3) is 0.231. The zero-order valence-electron chi connectivity index (χ0n) is 11.0. The Bertz CT molecular complexity index is 639. The Morgan fingerprint density at radius 3 is 2.90 bits per heavy atom. The highest BCUT2D eigenvalue weighted by Crippen LogP contribution is 2.42. The third kappa shape index (κ3) is 1.64. The lowest BCUT2D eigenvalue weighted by molar-refractivity contribution is -0.117. The smallest absolute Gasteiger partial charge is 0.265 e. The molecule has 0 bridgehead atoms. The highest BCUT2D eigenvalue weighted by Gasteiger charge is 2.36. The molecule has 104 valence electrons. The first kappa shape index (κ1) is 12.5. The van der Waals surface area contributed by atoms with E-state index in [9.17, 15) is 9.59 Å². The van der Waals surface area contributed by atoms with Crippen molar-refractivity contribution in [2.24, 2.45) is 0 Å². The second-order valence-corrected chi connectivity index (χ2v) is 4.46. The van der Waals surface area contributed by atoms with Crippen LogP contribution in [-0.4, -0.2) is 26.0 Å². The molecular weight excluding hydrogens is 260 g/mol. The van der Waals surface area contributed by atoms with E-state index in [-0.39, 0.29) is 11.8 Å². The van der Waals surface area contributed by atoms with Crippen LogP contribution in [0.2, 0.25) is 0 Å². The molecule has 3 rings (SSSR count). The summed E-state index contributed by atoms with van der Waals surface area (Å²) in [6.45, 7) is 0. The van der Waals surface area contributed by atoms with Crippen LogP contribution in [0.4, 0.5) is 5.69 Å². The Hall–Kier alpha value is -2.54. The molecule has 7 heteroatoms. The van der Waals surface area contributed by atoms with Gasteiger partial charge in [-0.15, -0.1) is 0 Å². The van der Waals surface area contributed by atoms with Gasteiger partial charge >= 0.3 is 0 Å². The van der Waals surface area contributed by atoms with Gasteiger partial charge in [0.05, 0.1) is 24.4 Å². The molecule has 20 heavy (non-hydrogen) atoms. The lowest BCUT2D eigenvalue weighted by Crippen LogP contribution is -2.48. The van der Waals surface area contributed by atoms with Crippen molar-refractivity contribution in [3.8, 4) is 5.75 Å². The Morgan fingerprint density at radius 1 is 1.40 bits per heavy atom. The van der Waals surface area contributed by atoms with Gasteiger partial charge < -0.3 is 15.4 Å². The molecule has 1 aromatic rings. The molecule has 1 atom stereocenters. The first-order valence-corrected chi connectivity index (χ1v) is 6.12. The summed E-state index contributed by atoms with van der Waals surface area (Å²) in [5, 5.41) is 5.62. The van der Waals surface area contributed by atoms with Gasteiger partial charge in [0.2, 0.25) is 5.91 Å². The van der Waals surface area contributed by atoms with E-state index in [2.05, 4.69) is 21.5 Å². The molecule has 1 unspecified atom stereocenters. The van der Waals surface area contributed by atoms with Crippen molar-refractivity contribution < 1.29 is 14.3 Å². The maximum Gasteiger partial charge on any atom is 0.265 e. The molecule has 1 aromatic carbocycles. The normalized spacial score (nSPS) is 19.2. The topological polar surface area (TPSA) is 91.5 Å². The SMILES string of the molecule is CNC(=O)C1=CNc2c(OC)ccc3c2C1NNC3=O. The molecule has 0 aromatic heterocycles. The lowest BCUT2D eigenvalue weighted by Gasteiger charge is -2.33. The molecule has 4 N–H and O–H groups in total. The number of carbonyl (C=O) groups is 2. The fourth-order valence-electron chi connectivity index (χ4n) is 2.50. The molecule has 0 saturated heterocycles. The van der Waals surface area contributed by atoms with Gasteiger partial charge in [0, 0.05) is 24.4 Å². The molecule has 0 fully saturated rings. The van der Waals surface area contributed by atoms with Gasteiger partial charge in [-0.25, -0.2) is 5.43 Å². The van der Waals surface area contributed by atoms with Crippen LogP contribution in [-0.2, 0) is 4.79 Å². The van der Waals surface area contributed by atoms with E-state index in [0.29, 0.717) is 28.1 Å². The fourth-order valence-corrected chi connectivity index (χ4v) is 2.50. The average molecular weight is 274 g/mol. The molecular formula is C13H14N4O3. The van der Waals surface area contributed by atoms with Gasteiger partial charge in [0.25, 0.3) is 5.91 Å². The summed E-state index contributed by atoms with van der Waals surface area (Å²) in [6, 6.07) is 3.01. The van der Waals surface area contributed by atoms with Crippen molar-refractivity contribution in [1.82, 2.24) is 16.2 Å². The van der Waals surface area contributed by atoms with E-state index < -0.39 is 6.04 Å². The number of anilines is 1. The van der Waals surface area contributed by atoms with Crippen molar-refractivity contribution in [3.63, 3.8) is 0 Å². The number of amides is 2. The molecule has 2 heterocycles. The minimum atomic E-state index is -0.408. The summed E-state index contributed by atoms with van der Waals surface area (Å²) in [4.78, 5) is 23.8. The van der Waals surface area contributed by atoms with Crippen molar-refractivity contribution in [2.75, 3.05) is 19.5 Å². The number of hydrazine groups is 1. The minimum Gasteiger partial charge on any atom is -0.495 e. The van der Waals surface area contributed by atoms with E-state index in [1.807, 2.05) is 0 Å². The molecule has 0 radical (unpaired) electrons. The predicted molar refractivity (Wildman–Crippen MR) is 72.1 cm³/mol. The summed E-state index contributed by atoms with van der Waals surface area (Å²) in [5.74, 6) is 0.170. The number of carbonyl (C=O) groups excluding carboxylic acids is 2. The molecule has 2 aliphatic heterocycles. The van der Waals surface area contributed by atoms with Crippen LogP contribution in [0.1, 0.15) is 22.0 Å². The van der Waals surface area contributed by atoms with Gasteiger partial charge in [0.15, 0.2) is 0 Å². The monoisotopic (exact) mass is 274 g/mol. The van der Waals surface area contributed by atoms with Crippen molar-refractivity contribution in [3.05, 3.63) is 35.0 Å². The van der Waals surface area contributed by atoms with Crippen LogP contribution in [0.15, 0.2) is 23.9 Å². The summed E-state index contributed by atoms with van der Waals surface area (Å²) in [7, 11) is 3.12. The van der Waals surface area contributed by atoms with E-state index in [1.54, 1.807) is 32.5 Å². The van der Waals surface area contributed by atoms with E-state index >= 15 is 0 Å². The van der Waals surface area contributed by atoms with Crippen LogP contribution < -0.4 is 26.2 Å². The van der Waals surface area contributed by atoms with E-state index in [4.69, 9.17) is 4.74 Å². The zero-order chi connectivity index (χ0) is 14.3. The van der Waals surface area contributed by atoms with Crippen LogP contribution in [0.25, 0.3) is 0 Å². The highest BCUT2D eigenvalue weighted by atomic mass is 16.5. The van der Waals surface area contributed by atoms with Crippen molar-refractivity contribution in [2.45, 2.75) is 6.04 Å². The second-order valence-electron chi connectivity index (χ2n) is 4.46. The van der Waals surface area contributed by atoms with Crippen LogP contribution in [0.5, 0.6) is 5.75 Å². The maximum atomic E-state index is 11.9. The van der Waals surface area contributed by atoms with Crippen LogP contribution in [0.3, 0.4) is 0 Å². The first-order chi connectivity index (χ1) is 9.67. The number of benzene rings is 1. The quantitative estimate of drug-likeness (QED) is 0.611. The van der Waals surface area contributed by atoms with E-state index in [0.717, 1.165) is 0 Å². The van der Waals surface area contributed by atoms with Crippen LogP contribution in [0, 0.1) is 0 Å². The predicted octanol–water partition coefficient (Wildman–Crippen LogP) is 0.0397. The van der Waals surface area contributed by atoms with Gasteiger partial charge in [-0.1, -0.05) is 0 Å². The van der Waals surface area contributed by atoms with Gasteiger partial charge in [-0.3, -0.25) is 15.0 Å². The summed E-state index contributed by atoms with van der Waals surface area (Å²) < 4.78 is 5.29. The van der Waals surface area contributed by atoms with Crippen molar-refractivity contribution in [1.29, 1.82) is 0 Å². The summed E-state index contributed by atoms with van der Waals surface area (Å²) in [6.07, 6.45) is 1.61. The Labute approximate surface area is 115 Å². The molecule has 2 aliphatic rings. The third-order valence-electron chi connectivity index (χ3n) is 3.46. The highest BCUT2D eigenvalue weighted by molar-refractivity contribution is 6.03. The number of likely N-dealkylation sites (N-methyl/N-ethyl adjacent to an activating group) is 1. The Kier molecular flexibility index (Phi) is 2.83. The van der Waals surface area contributed by atoms with Gasteiger partial charge in [0.1, 0.15) is 5.75 Å². The van der Waals surface area contributed by atoms with Crippen LogP contribution >= 0.6 is 0 Å². The number of hydrogen-bond donors (Lipinski definition) is 4. The number of rotatable bonds is 2. The molecule has 2 amide bonds.